The molecule has 3 heteroatoms. The Kier molecular flexibility index (Phi) is 3.81. The second-order valence-corrected chi connectivity index (χ2v) is 4.85. The molecule has 2 aromatic rings. The van der Waals surface area contributed by atoms with Crippen LogP contribution in [0, 0.1) is 11.3 Å². The number of nitrogens with zero attached hydrogens (tertiary/aromatic N) is 1. The highest BCUT2D eigenvalue weighted by Crippen LogP contribution is 2.32. The van der Waals surface area contributed by atoms with Crippen molar-refractivity contribution >= 4 is 17.5 Å². The number of Topliss-reactive ketones (excluding diaryl/α,β-unsaturated/α-hetero) is 1. The first-order valence-electron chi connectivity index (χ1n) is 5.49. The van der Waals surface area contributed by atoms with Crippen LogP contribution in [0.3, 0.4) is 0 Å². The van der Waals surface area contributed by atoms with E-state index in [2.05, 4.69) is 6.07 Å². The number of hydrogen-bond donors (Lipinski definition) is 0. The van der Waals surface area contributed by atoms with Crippen molar-refractivity contribution in [1.82, 2.24) is 0 Å². The van der Waals surface area contributed by atoms with E-state index in [-0.39, 0.29) is 5.78 Å². The fourth-order valence-electron chi connectivity index (χ4n) is 1.61. The van der Waals surface area contributed by atoms with Crippen LogP contribution in [0.1, 0.15) is 22.8 Å². The Morgan fingerprint density at radius 3 is 2.33 bits per heavy atom. The van der Waals surface area contributed by atoms with E-state index < -0.39 is 0 Å². The Hall–Kier alpha value is -2.05. The minimum atomic E-state index is 0.0348. The van der Waals surface area contributed by atoms with Gasteiger partial charge >= 0.3 is 0 Å². The summed E-state index contributed by atoms with van der Waals surface area (Å²) in [5.41, 5.74) is 1.32. The maximum absolute atomic E-state index is 11.5. The van der Waals surface area contributed by atoms with Crippen LogP contribution in [0.4, 0.5) is 0 Å². The molecule has 0 bridgehead atoms. The Balaban J connectivity index is 2.41. The van der Waals surface area contributed by atoms with Crippen molar-refractivity contribution < 1.29 is 4.79 Å². The number of rotatable bonds is 3. The summed E-state index contributed by atoms with van der Waals surface area (Å²) in [7, 11) is 0. The zero-order chi connectivity index (χ0) is 13.0. The van der Waals surface area contributed by atoms with Gasteiger partial charge < -0.3 is 0 Å². The van der Waals surface area contributed by atoms with E-state index in [1.807, 2.05) is 36.4 Å². The van der Waals surface area contributed by atoms with Crippen molar-refractivity contribution in [1.29, 1.82) is 5.26 Å². The molecule has 0 aliphatic carbocycles. The molecule has 2 nitrogen and oxygen atoms in total. The van der Waals surface area contributed by atoms with E-state index in [9.17, 15) is 4.79 Å². The average Bonchev–Trinajstić information content (AvgIpc) is 2.40. The quantitative estimate of drug-likeness (QED) is 0.779. The van der Waals surface area contributed by atoms with Crippen LogP contribution in [-0.4, -0.2) is 5.78 Å². The molecular weight excluding hydrogens is 242 g/mol. The highest BCUT2D eigenvalue weighted by Gasteiger charge is 2.09. The fraction of sp³-hybridized carbons (Fsp3) is 0.0667. The van der Waals surface area contributed by atoms with Crippen molar-refractivity contribution in [2.75, 3.05) is 0 Å². The van der Waals surface area contributed by atoms with Crippen molar-refractivity contribution in [3.63, 3.8) is 0 Å². The Morgan fingerprint density at radius 1 is 1.06 bits per heavy atom. The maximum Gasteiger partial charge on any atom is 0.160 e. The molecule has 0 heterocycles. The van der Waals surface area contributed by atoms with Crippen molar-refractivity contribution in [2.24, 2.45) is 0 Å². The van der Waals surface area contributed by atoms with Crippen LogP contribution in [0.25, 0.3) is 0 Å². The second kappa shape index (κ2) is 5.52. The van der Waals surface area contributed by atoms with E-state index in [1.165, 1.54) is 11.8 Å². The SMILES string of the molecule is CC(=O)c1ccccc1Sc1ccccc1C#N. The second-order valence-electron chi connectivity index (χ2n) is 3.76. The lowest BCUT2D eigenvalue weighted by Gasteiger charge is -2.07. The Bertz CT molecular complexity index is 628. The van der Waals surface area contributed by atoms with Crippen LogP contribution < -0.4 is 0 Å². The number of hydrogen-bond acceptors (Lipinski definition) is 3. The summed E-state index contributed by atoms with van der Waals surface area (Å²) in [5.74, 6) is 0.0348. The van der Waals surface area contributed by atoms with E-state index in [4.69, 9.17) is 5.26 Å². The Morgan fingerprint density at radius 2 is 1.67 bits per heavy atom. The summed E-state index contributed by atoms with van der Waals surface area (Å²) in [6, 6.07) is 17.0. The predicted molar refractivity (Wildman–Crippen MR) is 71.7 cm³/mol. The zero-order valence-corrected chi connectivity index (χ0v) is 10.7. The van der Waals surface area contributed by atoms with Gasteiger partial charge in [-0.15, -0.1) is 0 Å². The molecule has 0 amide bonds. The third-order valence-electron chi connectivity index (χ3n) is 2.49. The molecule has 0 saturated carbocycles. The first-order chi connectivity index (χ1) is 8.72. The van der Waals surface area contributed by atoms with Crippen LogP contribution >= 0.6 is 11.8 Å². The molecule has 0 atom stereocenters. The van der Waals surface area contributed by atoms with Crippen LogP contribution in [-0.2, 0) is 0 Å². The normalized spacial score (nSPS) is 9.78. The summed E-state index contributed by atoms with van der Waals surface area (Å²) < 4.78 is 0. The highest BCUT2D eigenvalue weighted by atomic mass is 32.2. The minimum Gasteiger partial charge on any atom is -0.294 e. The lowest BCUT2D eigenvalue weighted by atomic mass is 10.1. The molecule has 88 valence electrons. The van der Waals surface area contributed by atoms with Crippen LogP contribution in [0.5, 0.6) is 0 Å². The van der Waals surface area contributed by atoms with Crippen molar-refractivity contribution in [3.8, 4) is 6.07 Å². The Labute approximate surface area is 110 Å². The van der Waals surface area contributed by atoms with Gasteiger partial charge in [-0.25, -0.2) is 0 Å². The van der Waals surface area contributed by atoms with E-state index >= 15 is 0 Å². The summed E-state index contributed by atoms with van der Waals surface area (Å²) in [5, 5.41) is 9.04. The number of carbonyl (C=O) groups is 1. The molecular formula is C15H11NOS. The maximum atomic E-state index is 11.5. The topological polar surface area (TPSA) is 40.9 Å². The molecule has 18 heavy (non-hydrogen) atoms. The molecule has 0 N–H and O–H groups in total. The molecule has 0 fully saturated rings. The monoisotopic (exact) mass is 253 g/mol. The smallest absolute Gasteiger partial charge is 0.160 e. The lowest BCUT2D eigenvalue weighted by Crippen LogP contribution is -1.94. The third-order valence-corrected chi connectivity index (χ3v) is 3.65. The zero-order valence-electron chi connectivity index (χ0n) is 9.88. The van der Waals surface area contributed by atoms with E-state index in [1.54, 1.807) is 19.1 Å². The molecule has 2 aromatic carbocycles. The van der Waals surface area contributed by atoms with Crippen LogP contribution in [0.2, 0.25) is 0 Å². The van der Waals surface area contributed by atoms with E-state index in [0.717, 1.165) is 9.79 Å². The first-order valence-corrected chi connectivity index (χ1v) is 6.31. The summed E-state index contributed by atoms with van der Waals surface area (Å²) in [6.07, 6.45) is 0. The fourth-order valence-corrected chi connectivity index (χ4v) is 2.69. The molecule has 0 aliphatic rings. The van der Waals surface area contributed by atoms with Gasteiger partial charge in [-0.2, -0.15) is 5.26 Å². The van der Waals surface area contributed by atoms with Gasteiger partial charge in [-0.1, -0.05) is 42.1 Å². The van der Waals surface area contributed by atoms with Crippen molar-refractivity contribution in [3.05, 3.63) is 59.7 Å². The standard InChI is InChI=1S/C15H11NOS/c1-11(17)13-7-3-5-9-15(13)18-14-8-4-2-6-12(14)10-16/h2-9H,1H3. The highest BCUT2D eigenvalue weighted by molar-refractivity contribution is 7.99. The molecule has 0 unspecified atom stereocenters. The lowest BCUT2D eigenvalue weighted by molar-refractivity contribution is 0.101. The van der Waals surface area contributed by atoms with Gasteiger partial charge in [0.25, 0.3) is 0 Å². The largest absolute Gasteiger partial charge is 0.294 e. The average molecular weight is 253 g/mol. The third kappa shape index (κ3) is 2.61. The van der Waals surface area contributed by atoms with Gasteiger partial charge in [0.15, 0.2) is 5.78 Å². The summed E-state index contributed by atoms with van der Waals surface area (Å²) >= 11 is 1.45. The number of nitriles is 1. The predicted octanol–water partition coefficient (Wildman–Crippen LogP) is 3.91. The van der Waals surface area contributed by atoms with Gasteiger partial charge in [0, 0.05) is 15.4 Å². The molecule has 0 saturated heterocycles. The van der Waals surface area contributed by atoms with Gasteiger partial charge in [-0.3, -0.25) is 4.79 Å². The minimum absolute atomic E-state index is 0.0348. The van der Waals surface area contributed by atoms with Crippen molar-refractivity contribution in [2.45, 2.75) is 16.7 Å². The van der Waals surface area contributed by atoms with Gasteiger partial charge in [-0.05, 0) is 25.1 Å². The molecule has 0 aliphatic heterocycles. The first kappa shape index (κ1) is 12.4. The van der Waals surface area contributed by atoms with Gasteiger partial charge in [0.1, 0.15) is 6.07 Å². The molecule has 0 aromatic heterocycles. The molecule has 0 spiro atoms. The summed E-state index contributed by atoms with van der Waals surface area (Å²) in [6.45, 7) is 1.55. The number of ketones is 1. The number of benzene rings is 2. The van der Waals surface area contributed by atoms with E-state index in [0.29, 0.717) is 11.1 Å². The molecule has 2 rings (SSSR count). The molecule has 0 radical (unpaired) electrons. The number of carbonyl (C=O) groups excluding carboxylic acids is 1. The van der Waals surface area contributed by atoms with Gasteiger partial charge in [0.2, 0.25) is 0 Å². The van der Waals surface area contributed by atoms with Crippen LogP contribution in [0.15, 0.2) is 58.3 Å². The summed E-state index contributed by atoms with van der Waals surface area (Å²) in [4.78, 5) is 13.3. The van der Waals surface area contributed by atoms with Gasteiger partial charge in [0.05, 0.1) is 5.56 Å².